The smallest absolute Gasteiger partial charge is 0.191 e. The van der Waals surface area contributed by atoms with Crippen LogP contribution in [-0.4, -0.2) is 74.7 Å². The predicted molar refractivity (Wildman–Crippen MR) is 94.4 cm³/mol. The van der Waals surface area contributed by atoms with E-state index < -0.39 is 0 Å². The van der Waals surface area contributed by atoms with E-state index in [4.69, 9.17) is 4.99 Å². The summed E-state index contributed by atoms with van der Waals surface area (Å²) >= 11 is 0. The molecule has 0 aromatic rings. The van der Waals surface area contributed by atoms with Gasteiger partial charge in [-0.2, -0.15) is 0 Å². The molecule has 2 fully saturated rings. The van der Waals surface area contributed by atoms with E-state index in [1.165, 1.54) is 52.1 Å². The average Bonchev–Trinajstić information content (AvgIpc) is 3.35. The molecule has 0 radical (unpaired) electrons. The van der Waals surface area contributed by atoms with E-state index in [1.807, 2.05) is 0 Å². The van der Waals surface area contributed by atoms with Gasteiger partial charge in [-0.05, 0) is 38.1 Å². The summed E-state index contributed by atoms with van der Waals surface area (Å²) in [5.41, 5.74) is 0. The fourth-order valence-corrected chi connectivity index (χ4v) is 2.94. The van der Waals surface area contributed by atoms with Crippen molar-refractivity contribution in [2.75, 3.05) is 58.9 Å². The number of aliphatic imine (C=N–C) groups is 1. The Morgan fingerprint density at radius 1 is 1.09 bits per heavy atom. The molecule has 2 rings (SSSR count). The monoisotopic (exact) mass is 309 g/mol. The molecule has 22 heavy (non-hydrogen) atoms. The minimum absolute atomic E-state index is 0.615. The van der Waals surface area contributed by atoms with Gasteiger partial charge < -0.3 is 20.4 Å². The van der Waals surface area contributed by atoms with Gasteiger partial charge in [-0.15, -0.1) is 0 Å². The third-order valence-corrected chi connectivity index (χ3v) is 4.64. The number of piperazine rings is 1. The highest BCUT2D eigenvalue weighted by Crippen LogP contribution is 2.27. The van der Waals surface area contributed by atoms with Crippen LogP contribution in [0, 0.1) is 11.8 Å². The fraction of sp³-hybridized carbons (Fsp3) is 0.941. The largest absolute Gasteiger partial charge is 0.357 e. The summed E-state index contributed by atoms with van der Waals surface area (Å²) in [4.78, 5) is 9.89. The average molecular weight is 310 g/mol. The second-order valence-electron chi connectivity index (χ2n) is 6.88. The number of hydrogen-bond donors (Lipinski definition) is 2. The molecular weight excluding hydrogens is 274 g/mol. The molecule has 0 amide bonds. The van der Waals surface area contributed by atoms with Gasteiger partial charge in [-0.25, -0.2) is 0 Å². The zero-order chi connectivity index (χ0) is 15.8. The highest BCUT2D eigenvalue weighted by Gasteiger charge is 2.21. The third-order valence-electron chi connectivity index (χ3n) is 4.64. The van der Waals surface area contributed by atoms with Gasteiger partial charge in [0.2, 0.25) is 0 Å². The maximum Gasteiger partial charge on any atom is 0.191 e. The lowest BCUT2D eigenvalue weighted by molar-refractivity contribution is 0.125. The molecule has 0 aromatic carbocycles. The van der Waals surface area contributed by atoms with Crippen LogP contribution in [-0.2, 0) is 0 Å². The molecule has 1 saturated carbocycles. The Hall–Kier alpha value is -0.810. The first-order valence-corrected chi connectivity index (χ1v) is 9.18. The van der Waals surface area contributed by atoms with E-state index in [-0.39, 0.29) is 0 Å². The van der Waals surface area contributed by atoms with E-state index in [0.717, 1.165) is 31.5 Å². The minimum atomic E-state index is 0.615. The van der Waals surface area contributed by atoms with Crippen LogP contribution in [0.2, 0.25) is 0 Å². The number of hydrogen-bond acceptors (Lipinski definition) is 3. The van der Waals surface area contributed by atoms with Crippen LogP contribution >= 0.6 is 0 Å². The number of guanidine groups is 1. The molecule has 2 N–H and O–H groups in total. The van der Waals surface area contributed by atoms with E-state index in [1.54, 1.807) is 0 Å². The Balaban J connectivity index is 1.67. The molecule has 1 atom stereocenters. The van der Waals surface area contributed by atoms with Crippen molar-refractivity contribution in [2.45, 2.75) is 33.6 Å². The van der Waals surface area contributed by atoms with Crippen molar-refractivity contribution in [3.8, 4) is 0 Å². The molecule has 5 nitrogen and oxygen atoms in total. The van der Waals surface area contributed by atoms with Crippen molar-refractivity contribution in [1.29, 1.82) is 0 Å². The van der Waals surface area contributed by atoms with Crippen LogP contribution in [0.5, 0.6) is 0 Å². The van der Waals surface area contributed by atoms with Gasteiger partial charge in [0.05, 0.1) is 0 Å². The van der Waals surface area contributed by atoms with Crippen LogP contribution in [0.1, 0.15) is 33.6 Å². The Morgan fingerprint density at radius 2 is 1.77 bits per heavy atom. The SMILES string of the molecule is CCNC(=NCC(C)CN1CCN(CC)CC1)NCC1CC1. The fourth-order valence-electron chi connectivity index (χ4n) is 2.94. The molecule has 0 spiro atoms. The first kappa shape index (κ1) is 17.5. The molecular formula is C17H35N5. The molecule has 1 heterocycles. The van der Waals surface area contributed by atoms with Gasteiger partial charge in [-0.3, -0.25) is 4.99 Å². The van der Waals surface area contributed by atoms with E-state index >= 15 is 0 Å². The normalized spacial score (nSPS) is 22.6. The Labute approximate surface area is 136 Å². The standard InChI is InChI=1S/C17H35N5/c1-4-18-17(20-13-16-6-7-16)19-12-15(3)14-22-10-8-21(5-2)9-11-22/h15-16H,4-14H2,1-3H3,(H2,18,19,20). The van der Waals surface area contributed by atoms with Crippen LogP contribution in [0.15, 0.2) is 4.99 Å². The maximum absolute atomic E-state index is 4.77. The van der Waals surface area contributed by atoms with Gasteiger partial charge in [-0.1, -0.05) is 13.8 Å². The van der Waals surface area contributed by atoms with Crippen molar-refractivity contribution < 1.29 is 0 Å². The zero-order valence-corrected chi connectivity index (χ0v) is 14.8. The lowest BCUT2D eigenvalue weighted by atomic mass is 10.1. The second kappa shape index (κ2) is 9.36. The summed E-state index contributed by atoms with van der Waals surface area (Å²) in [6.45, 7) is 16.8. The highest BCUT2D eigenvalue weighted by molar-refractivity contribution is 5.79. The van der Waals surface area contributed by atoms with Crippen molar-refractivity contribution in [1.82, 2.24) is 20.4 Å². The van der Waals surface area contributed by atoms with Crippen molar-refractivity contribution in [3.63, 3.8) is 0 Å². The number of likely N-dealkylation sites (N-methyl/N-ethyl adjacent to an activating group) is 1. The molecule has 0 bridgehead atoms. The van der Waals surface area contributed by atoms with Crippen molar-refractivity contribution in [2.24, 2.45) is 16.8 Å². The minimum Gasteiger partial charge on any atom is -0.357 e. The summed E-state index contributed by atoms with van der Waals surface area (Å²) in [6, 6.07) is 0. The van der Waals surface area contributed by atoms with E-state index in [9.17, 15) is 0 Å². The summed E-state index contributed by atoms with van der Waals surface area (Å²) in [7, 11) is 0. The number of nitrogens with zero attached hydrogens (tertiary/aromatic N) is 3. The molecule has 0 aromatic heterocycles. The number of rotatable bonds is 8. The van der Waals surface area contributed by atoms with Gasteiger partial charge in [0.15, 0.2) is 5.96 Å². The van der Waals surface area contributed by atoms with Crippen LogP contribution in [0.25, 0.3) is 0 Å². The van der Waals surface area contributed by atoms with E-state index in [2.05, 4.69) is 41.2 Å². The summed E-state index contributed by atoms with van der Waals surface area (Å²) in [6.07, 6.45) is 2.76. The topological polar surface area (TPSA) is 42.9 Å². The van der Waals surface area contributed by atoms with Gasteiger partial charge in [0.25, 0.3) is 0 Å². The Bertz CT molecular complexity index is 332. The second-order valence-corrected chi connectivity index (χ2v) is 6.88. The molecule has 5 heteroatoms. The lowest BCUT2D eigenvalue weighted by Gasteiger charge is -2.35. The molecule has 1 unspecified atom stereocenters. The molecule has 2 aliphatic rings. The molecule has 1 aliphatic heterocycles. The van der Waals surface area contributed by atoms with Crippen LogP contribution in [0.3, 0.4) is 0 Å². The van der Waals surface area contributed by atoms with Crippen LogP contribution < -0.4 is 10.6 Å². The third kappa shape index (κ3) is 6.53. The quantitative estimate of drug-likeness (QED) is 0.523. The predicted octanol–water partition coefficient (Wildman–Crippen LogP) is 1.23. The summed E-state index contributed by atoms with van der Waals surface area (Å²) in [5.74, 6) is 2.50. The van der Waals surface area contributed by atoms with Gasteiger partial charge in [0, 0.05) is 52.4 Å². The summed E-state index contributed by atoms with van der Waals surface area (Å²) in [5, 5.41) is 6.83. The summed E-state index contributed by atoms with van der Waals surface area (Å²) < 4.78 is 0. The Morgan fingerprint density at radius 3 is 2.36 bits per heavy atom. The zero-order valence-electron chi connectivity index (χ0n) is 14.8. The molecule has 1 saturated heterocycles. The molecule has 1 aliphatic carbocycles. The van der Waals surface area contributed by atoms with Gasteiger partial charge >= 0.3 is 0 Å². The first-order valence-electron chi connectivity index (χ1n) is 9.18. The van der Waals surface area contributed by atoms with Crippen LogP contribution in [0.4, 0.5) is 0 Å². The van der Waals surface area contributed by atoms with E-state index in [0.29, 0.717) is 5.92 Å². The number of nitrogens with one attached hydrogen (secondary N) is 2. The Kier molecular flexibility index (Phi) is 7.46. The molecule has 128 valence electrons. The van der Waals surface area contributed by atoms with Crippen molar-refractivity contribution >= 4 is 5.96 Å². The van der Waals surface area contributed by atoms with Crippen molar-refractivity contribution in [3.05, 3.63) is 0 Å². The van der Waals surface area contributed by atoms with Gasteiger partial charge in [0.1, 0.15) is 0 Å². The maximum atomic E-state index is 4.77. The lowest BCUT2D eigenvalue weighted by Crippen LogP contribution is -2.47. The first-order chi connectivity index (χ1) is 10.7. The highest BCUT2D eigenvalue weighted by atomic mass is 15.3.